The molecule has 0 saturated carbocycles. The van der Waals surface area contributed by atoms with E-state index in [4.69, 9.17) is 5.26 Å². The van der Waals surface area contributed by atoms with Crippen LogP contribution in [-0.2, 0) is 0 Å². The highest BCUT2D eigenvalue weighted by Crippen LogP contribution is 2.04. The molecular weight excluding hydrogens is 188 g/mol. The van der Waals surface area contributed by atoms with E-state index in [-0.39, 0.29) is 5.78 Å². The third-order valence-electron chi connectivity index (χ3n) is 1.82. The number of carbonyl (C=O) groups is 1. The predicted octanol–water partition coefficient (Wildman–Crippen LogP) is 1.82. The number of hydrogen-bond donors (Lipinski definition) is 0. The fourth-order valence-electron chi connectivity index (χ4n) is 1.02. The van der Waals surface area contributed by atoms with Crippen molar-refractivity contribution >= 4 is 5.78 Å². The molecule has 0 unspecified atom stereocenters. The van der Waals surface area contributed by atoms with Crippen LogP contribution in [0.4, 0.5) is 0 Å². The van der Waals surface area contributed by atoms with Gasteiger partial charge in [-0.1, -0.05) is 0 Å². The summed E-state index contributed by atoms with van der Waals surface area (Å²) in [7, 11) is 3.70. The standard InChI is InChI=1S/C12H12N2O/c1-14(2)8-7-12(15)11-5-3-10(9-13)4-6-11/h3-8H,1-2H3/b8-7+. The van der Waals surface area contributed by atoms with E-state index in [0.717, 1.165) is 0 Å². The fourth-order valence-corrected chi connectivity index (χ4v) is 1.02. The lowest BCUT2D eigenvalue weighted by molar-refractivity contribution is 0.104. The van der Waals surface area contributed by atoms with Gasteiger partial charge in [0.05, 0.1) is 11.6 Å². The van der Waals surface area contributed by atoms with Gasteiger partial charge < -0.3 is 4.90 Å². The summed E-state index contributed by atoms with van der Waals surface area (Å²) in [5, 5.41) is 8.59. The average molecular weight is 200 g/mol. The van der Waals surface area contributed by atoms with Crippen LogP contribution in [0.3, 0.4) is 0 Å². The van der Waals surface area contributed by atoms with Gasteiger partial charge in [-0.05, 0) is 24.3 Å². The van der Waals surface area contributed by atoms with Gasteiger partial charge in [0.15, 0.2) is 5.78 Å². The second-order valence-electron chi connectivity index (χ2n) is 3.33. The SMILES string of the molecule is CN(C)/C=C/C(=O)c1ccc(C#N)cc1. The first-order valence-corrected chi connectivity index (χ1v) is 4.52. The number of carbonyl (C=O) groups excluding carboxylic acids is 1. The number of nitrogens with zero attached hydrogens (tertiary/aromatic N) is 2. The van der Waals surface area contributed by atoms with Crippen LogP contribution in [0.2, 0.25) is 0 Å². The van der Waals surface area contributed by atoms with Crippen molar-refractivity contribution in [2.45, 2.75) is 0 Å². The van der Waals surface area contributed by atoms with Crippen LogP contribution >= 0.6 is 0 Å². The molecule has 0 heterocycles. The molecule has 76 valence electrons. The molecule has 15 heavy (non-hydrogen) atoms. The number of nitriles is 1. The number of rotatable bonds is 3. The molecule has 0 atom stereocenters. The summed E-state index contributed by atoms with van der Waals surface area (Å²) in [5.41, 5.74) is 1.15. The largest absolute Gasteiger partial charge is 0.383 e. The molecule has 0 spiro atoms. The summed E-state index contributed by atoms with van der Waals surface area (Å²) in [4.78, 5) is 13.3. The number of allylic oxidation sites excluding steroid dienone is 1. The summed E-state index contributed by atoms with van der Waals surface area (Å²) in [6.07, 6.45) is 3.20. The zero-order valence-electron chi connectivity index (χ0n) is 8.77. The van der Waals surface area contributed by atoms with E-state index in [9.17, 15) is 4.79 Å². The molecule has 0 amide bonds. The Balaban J connectivity index is 2.80. The maximum absolute atomic E-state index is 11.6. The Kier molecular flexibility index (Phi) is 3.64. The fraction of sp³-hybridized carbons (Fsp3) is 0.167. The molecule has 1 aromatic rings. The van der Waals surface area contributed by atoms with Crippen molar-refractivity contribution in [2.75, 3.05) is 14.1 Å². The van der Waals surface area contributed by atoms with E-state index in [0.29, 0.717) is 11.1 Å². The van der Waals surface area contributed by atoms with Crippen LogP contribution in [0.25, 0.3) is 0 Å². The number of hydrogen-bond acceptors (Lipinski definition) is 3. The van der Waals surface area contributed by atoms with E-state index >= 15 is 0 Å². The van der Waals surface area contributed by atoms with Gasteiger partial charge in [-0.25, -0.2) is 0 Å². The highest BCUT2D eigenvalue weighted by atomic mass is 16.1. The summed E-state index contributed by atoms with van der Waals surface area (Å²) in [6.45, 7) is 0. The molecule has 0 N–H and O–H groups in total. The molecule has 0 fully saturated rings. The lowest BCUT2D eigenvalue weighted by atomic mass is 10.1. The number of ketones is 1. The molecule has 1 rings (SSSR count). The Labute approximate surface area is 89.2 Å². The summed E-state index contributed by atoms with van der Waals surface area (Å²) < 4.78 is 0. The second-order valence-corrected chi connectivity index (χ2v) is 3.33. The van der Waals surface area contributed by atoms with Crippen LogP contribution in [-0.4, -0.2) is 24.8 Å². The summed E-state index contributed by atoms with van der Waals surface area (Å²) >= 11 is 0. The molecular formula is C12H12N2O. The van der Waals surface area contributed by atoms with Gasteiger partial charge in [-0.3, -0.25) is 4.79 Å². The molecule has 0 aliphatic rings. The van der Waals surface area contributed by atoms with E-state index in [1.54, 1.807) is 35.4 Å². The van der Waals surface area contributed by atoms with Crippen molar-refractivity contribution < 1.29 is 4.79 Å². The molecule has 0 bridgehead atoms. The summed E-state index contributed by atoms with van der Waals surface area (Å²) in [6, 6.07) is 8.58. The highest BCUT2D eigenvalue weighted by Gasteiger charge is 2.00. The zero-order valence-corrected chi connectivity index (χ0v) is 8.77. The Hall–Kier alpha value is -2.08. The Morgan fingerprint density at radius 3 is 2.40 bits per heavy atom. The van der Waals surface area contributed by atoms with E-state index in [2.05, 4.69) is 0 Å². The van der Waals surface area contributed by atoms with Gasteiger partial charge in [0.2, 0.25) is 0 Å². The van der Waals surface area contributed by atoms with Gasteiger partial charge in [0.25, 0.3) is 0 Å². The van der Waals surface area contributed by atoms with Crippen molar-refractivity contribution in [3.05, 3.63) is 47.7 Å². The molecule has 0 radical (unpaired) electrons. The van der Waals surface area contributed by atoms with Gasteiger partial charge >= 0.3 is 0 Å². The minimum Gasteiger partial charge on any atom is -0.383 e. The minimum atomic E-state index is -0.0619. The molecule has 0 aliphatic heterocycles. The molecule has 0 aliphatic carbocycles. The molecule has 1 aromatic carbocycles. The first kappa shape index (κ1) is 11.0. The van der Waals surface area contributed by atoms with Gasteiger partial charge in [-0.15, -0.1) is 0 Å². The van der Waals surface area contributed by atoms with Crippen molar-refractivity contribution in [1.82, 2.24) is 4.90 Å². The Morgan fingerprint density at radius 1 is 1.33 bits per heavy atom. The maximum Gasteiger partial charge on any atom is 0.187 e. The zero-order chi connectivity index (χ0) is 11.3. The van der Waals surface area contributed by atoms with Crippen molar-refractivity contribution in [1.29, 1.82) is 5.26 Å². The lowest BCUT2D eigenvalue weighted by Crippen LogP contribution is -2.03. The molecule has 0 aromatic heterocycles. The van der Waals surface area contributed by atoms with Crippen molar-refractivity contribution in [2.24, 2.45) is 0 Å². The monoisotopic (exact) mass is 200 g/mol. The smallest absolute Gasteiger partial charge is 0.187 e. The molecule has 3 nitrogen and oxygen atoms in total. The third-order valence-corrected chi connectivity index (χ3v) is 1.82. The van der Waals surface area contributed by atoms with Crippen LogP contribution in [0.5, 0.6) is 0 Å². The Morgan fingerprint density at radius 2 is 1.93 bits per heavy atom. The van der Waals surface area contributed by atoms with Gasteiger partial charge in [0, 0.05) is 31.9 Å². The Bertz CT molecular complexity index is 410. The summed E-state index contributed by atoms with van der Waals surface area (Å²) in [5.74, 6) is -0.0619. The van der Waals surface area contributed by atoms with Crippen LogP contribution in [0, 0.1) is 11.3 Å². The van der Waals surface area contributed by atoms with Crippen LogP contribution < -0.4 is 0 Å². The first-order chi connectivity index (χ1) is 7.13. The molecule has 3 heteroatoms. The quantitative estimate of drug-likeness (QED) is 0.552. The van der Waals surface area contributed by atoms with Gasteiger partial charge in [-0.2, -0.15) is 5.26 Å². The maximum atomic E-state index is 11.6. The average Bonchev–Trinajstić information content (AvgIpc) is 2.26. The second kappa shape index (κ2) is 4.97. The molecule has 0 saturated heterocycles. The van der Waals surface area contributed by atoms with E-state index in [1.165, 1.54) is 6.08 Å². The predicted molar refractivity (Wildman–Crippen MR) is 58.3 cm³/mol. The van der Waals surface area contributed by atoms with E-state index in [1.807, 2.05) is 20.2 Å². The highest BCUT2D eigenvalue weighted by molar-refractivity contribution is 6.04. The normalized spacial score (nSPS) is 9.93. The number of benzene rings is 1. The topological polar surface area (TPSA) is 44.1 Å². The lowest BCUT2D eigenvalue weighted by Gasteiger charge is -2.02. The van der Waals surface area contributed by atoms with E-state index < -0.39 is 0 Å². The van der Waals surface area contributed by atoms with Crippen molar-refractivity contribution in [3.63, 3.8) is 0 Å². The third kappa shape index (κ3) is 3.28. The van der Waals surface area contributed by atoms with Crippen molar-refractivity contribution in [3.8, 4) is 6.07 Å². The first-order valence-electron chi connectivity index (χ1n) is 4.52. The van der Waals surface area contributed by atoms with Crippen LogP contribution in [0.1, 0.15) is 15.9 Å². The van der Waals surface area contributed by atoms with Crippen LogP contribution in [0.15, 0.2) is 36.5 Å². The minimum absolute atomic E-state index is 0.0619. The van der Waals surface area contributed by atoms with Gasteiger partial charge in [0.1, 0.15) is 0 Å².